The Bertz CT molecular complexity index is 542. The van der Waals surface area contributed by atoms with E-state index in [2.05, 4.69) is 16.7 Å². The summed E-state index contributed by atoms with van der Waals surface area (Å²) in [6.45, 7) is 3.49. The third-order valence-electron chi connectivity index (χ3n) is 2.31. The zero-order valence-corrected chi connectivity index (χ0v) is 9.24. The van der Waals surface area contributed by atoms with E-state index < -0.39 is 0 Å². The van der Waals surface area contributed by atoms with Gasteiger partial charge < -0.3 is 0 Å². The largest absolute Gasteiger partial charge is 0.261 e. The van der Waals surface area contributed by atoms with Gasteiger partial charge in [-0.25, -0.2) is 10.8 Å². The third-order valence-corrected chi connectivity index (χ3v) is 2.31. The van der Waals surface area contributed by atoms with Crippen LogP contribution in [0.15, 0.2) is 47.6 Å². The number of aromatic nitrogens is 1. The lowest BCUT2D eigenvalue weighted by Gasteiger charge is -2.19. The van der Waals surface area contributed by atoms with Crippen molar-refractivity contribution < 1.29 is 0 Å². The van der Waals surface area contributed by atoms with Crippen LogP contribution < -0.4 is 16.3 Å². The molecule has 0 aliphatic carbocycles. The van der Waals surface area contributed by atoms with Crippen LogP contribution in [0, 0.1) is 0 Å². The van der Waals surface area contributed by atoms with E-state index in [1.54, 1.807) is 30.5 Å². The molecular weight excluding hydrogens is 211 g/mol. The van der Waals surface area contributed by atoms with E-state index in [1.165, 1.54) is 5.01 Å². The quantitative estimate of drug-likeness (QED) is 0.367. The first-order chi connectivity index (χ1) is 8.22. The van der Waals surface area contributed by atoms with Crippen LogP contribution in [-0.2, 0) is 0 Å². The number of rotatable bonds is 3. The summed E-state index contributed by atoms with van der Waals surface area (Å²) in [6.07, 6.45) is 1.65. The number of anilines is 2. The summed E-state index contributed by atoms with van der Waals surface area (Å²) < 4.78 is 0. The van der Waals surface area contributed by atoms with E-state index >= 15 is 0 Å². The van der Waals surface area contributed by atoms with Gasteiger partial charge in [-0.15, -0.1) is 0 Å². The average molecular weight is 222 g/mol. The van der Waals surface area contributed by atoms with Crippen LogP contribution in [0.4, 0.5) is 17.2 Å². The zero-order valence-electron chi connectivity index (χ0n) is 9.24. The minimum Gasteiger partial charge on any atom is -0.261 e. The van der Waals surface area contributed by atoms with Crippen molar-refractivity contribution in [1.82, 2.24) is 4.98 Å². The van der Waals surface area contributed by atoms with Gasteiger partial charge in [-0.3, -0.25) is 10.0 Å². The molecule has 2 rings (SSSR count). The Balaban J connectivity index is 2.43. The summed E-state index contributed by atoms with van der Waals surface area (Å²) in [4.78, 5) is 8.06. The molecule has 82 valence electrons. The van der Waals surface area contributed by atoms with Crippen molar-refractivity contribution in [3.63, 3.8) is 0 Å². The Kier molecular flexibility index (Phi) is 3.21. The molecule has 0 saturated heterocycles. The van der Waals surface area contributed by atoms with Crippen LogP contribution in [0.5, 0.6) is 0 Å². The fourth-order valence-corrected chi connectivity index (χ4v) is 1.49. The Labute approximate surface area is 101 Å². The van der Waals surface area contributed by atoms with E-state index in [0.29, 0.717) is 17.0 Å². The maximum absolute atomic E-state index is 5.99. The summed E-state index contributed by atoms with van der Waals surface area (Å²) in [6, 6.07) is 10.8. The Morgan fingerprint density at radius 2 is 2.12 bits per heavy atom. The minimum absolute atomic E-state index is 0.535. The van der Waals surface area contributed by atoms with E-state index in [9.17, 15) is 0 Å². The van der Waals surface area contributed by atoms with Crippen LogP contribution in [0.1, 0.15) is 0 Å². The highest BCUT2D eigenvalue weighted by molar-refractivity contribution is 6.32. The van der Waals surface area contributed by atoms with Gasteiger partial charge in [0.25, 0.3) is 0 Å². The first-order valence-electron chi connectivity index (χ1n) is 5.04. The smallest absolute Gasteiger partial charge is 0.173 e. The number of hydrogen-bond acceptors (Lipinski definition) is 4. The molecule has 2 N–H and O–H groups in total. The minimum atomic E-state index is 0.535. The molecule has 0 atom stereocenters. The molecule has 0 bridgehead atoms. The summed E-state index contributed by atoms with van der Waals surface area (Å²) in [5, 5.41) is 1.43. The summed E-state index contributed by atoms with van der Waals surface area (Å²) in [5.74, 6) is 6.52. The maximum atomic E-state index is 5.99. The molecular formula is C12H11BN4. The highest BCUT2D eigenvalue weighted by atomic mass is 15.4. The number of nitrogens with zero attached hydrogens (tertiary/aromatic N) is 3. The first-order valence-corrected chi connectivity index (χ1v) is 5.04. The Hall–Kier alpha value is -2.14. The van der Waals surface area contributed by atoms with Gasteiger partial charge in [0.1, 0.15) is 13.5 Å². The molecule has 0 aliphatic heterocycles. The lowest BCUT2D eigenvalue weighted by atomic mass is 9.96. The van der Waals surface area contributed by atoms with Crippen molar-refractivity contribution in [2.45, 2.75) is 0 Å². The number of pyridine rings is 1. The molecule has 17 heavy (non-hydrogen) atoms. The third kappa shape index (κ3) is 2.34. The molecule has 1 heterocycles. The number of hydrazine groups is 1. The van der Waals surface area contributed by atoms with Gasteiger partial charge in [-0.2, -0.15) is 0 Å². The van der Waals surface area contributed by atoms with Gasteiger partial charge in [0, 0.05) is 6.20 Å². The molecule has 0 unspecified atom stereocenters. The predicted molar refractivity (Wildman–Crippen MR) is 71.6 cm³/mol. The van der Waals surface area contributed by atoms with Gasteiger partial charge in [-0.1, -0.05) is 17.6 Å². The SMILES string of the molecule is [B]c1cccc(N(N)c2ncccc2N=C)c1. The fourth-order valence-electron chi connectivity index (χ4n) is 1.49. The van der Waals surface area contributed by atoms with E-state index in [1.807, 2.05) is 12.1 Å². The van der Waals surface area contributed by atoms with Crippen molar-refractivity contribution in [3.8, 4) is 0 Å². The predicted octanol–water partition coefficient (Wildman–Crippen LogP) is 1.22. The monoisotopic (exact) mass is 222 g/mol. The standard InChI is InChI=1S/C12H11BN4/c1-15-11-6-3-7-16-12(11)17(14)10-5-2-4-9(13)8-10/h2-8H,1,14H2. The second-order valence-electron chi connectivity index (χ2n) is 3.47. The highest BCUT2D eigenvalue weighted by Gasteiger charge is 2.09. The normalized spacial score (nSPS) is 9.94. The Morgan fingerprint density at radius 3 is 2.82 bits per heavy atom. The lowest BCUT2D eigenvalue weighted by Crippen LogP contribution is -2.26. The van der Waals surface area contributed by atoms with Gasteiger partial charge >= 0.3 is 0 Å². The van der Waals surface area contributed by atoms with Gasteiger partial charge in [-0.05, 0) is 31.0 Å². The van der Waals surface area contributed by atoms with Gasteiger partial charge in [0.05, 0.1) is 5.69 Å². The maximum Gasteiger partial charge on any atom is 0.173 e. The van der Waals surface area contributed by atoms with Crippen LogP contribution in [-0.4, -0.2) is 19.5 Å². The van der Waals surface area contributed by atoms with Crippen molar-refractivity contribution >= 4 is 37.2 Å². The molecule has 1 aromatic carbocycles. The molecule has 0 aliphatic rings. The van der Waals surface area contributed by atoms with Crippen molar-refractivity contribution in [3.05, 3.63) is 42.6 Å². The number of nitrogens with two attached hydrogens (primary N) is 1. The van der Waals surface area contributed by atoms with Gasteiger partial charge in [0.15, 0.2) is 5.82 Å². The van der Waals surface area contributed by atoms with Crippen molar-refractivity contribution in [2.24, 2.45) is 10.8 Å². The lowest BCUT2D eigenvalue weighted by molar-refractivity contribution is 1.04. The van der Waals surface area contributed by atoms with Crippen LogP contribution in [0.25, 0.3) is 0 Å². The fraction of sp³-hybridized carbons (Fsp3) is 0. The molecule has 4 nitrogen and oxygen atoms in total. The molecule has 0 amide bonds. The second-order valence-corrected chi connectivity index (χ2v) is 3.47. The van der Waals surface area contributed by atoms with E-state index in [0.717, 1.165) is 5.69 Å². The Morgan fingerprint density at radius 1 is 1.29 bits per heavy atom. The number of benzene rings is 1. The van der Waals surface area contributed by atoms with Crippen LogP contribution in [0.3, 0.4) is 0 Å². The second kappa shape index (κ2) is 4.80. The van der Waals surface area contributed by atoms with Crippen molar-refractivity contribution in [1.29, 1.82) is 0 Å². The van der Waals surface area contributed by atoms with E-state index in [4.69, 9.17) is 13.7 Å². The molecule has 0 fully saturated rings. The average Bonchev–Trinajstić information content (AvgIpc) is 2.38. The molecule has 0 saturated carbocycles. The summed E-state index contributed by atoms with van der Waals surface area (Å²) >= 11 is 0. The molecule has 1 aromatic heterocycles. The zero-order chi connectivity index (χ0) is 12.3. The molecule has 0 spiro atoms. The molecule has 2 radical (unpaired) electrons. The summed E-state index contributed by atoms with van der Waals surface area (Å²) in [7, 11) is 5.71. The highest BCUT2D eigenvalue weighted by Crippen LogP contribution is 2.27. The molecule has 5 heteroatoms. The topological polar surface area (TPSA) is 54.5 Å². The van der Waals surface area contributed by atoms with Gasteiger partial charge in [0.2, 0.25) is 0 Å². The van der Waals surface area contributed by atoms with Crippen molar-refractivity contribution in [2.75, 3.05) is 5.01 Å². The van der Waals surface area contributed by atoms with Crippen LogP contribution in [0.2, 0.25) is 0 Å². The first kappa shape index (κ1) is 11.4. The molecule has 2 aromatic rings. The van der Waals surface area contributed by atoms with Crippen LogP contribution >= 0.6 is 0 Å². The van der Waals surface area contributed by atoms with E-state index in [-0.39, 0.29) is 0 Å². The number of hydrogen-bond donors (Lipinski definition) is 1. The number of aliphatic imine (C=N–C) groups is 1. The summed E-state index contributed by atoms with van der Waals surface area (Å²) in [5.41, 5.74) is 2.01.